The molecule has 5 nitrogen and oxygen atoms in total. The Balaban J connectivity index is 0.000000569. The molecule has 27 heavy (non-hydrogen) atoms. The topological polar surface area (TPSA) is 72.8 Å². The normalized spacial score (nSPS) is 13.4. The van der Waals surface area contributed by atoms with Crippen LogP contribution < -0.4 is 0 Å². The van der Waals surface area contributed by atoms with Crippen molar-refractivity contribution in [3.63, 3.8) is 0 Å². The molecular formula is C22H34O5. The van der Waals surface area contributed by atoms with Crippen LogP contribution in [0.1, 0.15) is 58.9 Å². The summed E-state index contributed by atoms with van der Waals surface area (Å²) in [5.41, 5.74) is 1.71. The van der Waals surface area contributed by atoms with Gasteiger partial charge in [0.1, 0.15) is 19.3 Å². The molecule has 0 aliphatic rings. The molecule has 1 aromatic carbocycles. The number of benzene rings is 1. The van der Waals surface area contributed by atoms with Crippen LogP contribution in [0, 0.1) is 5.92 Å². The number of hydrogen-bond donors (Lipinski definition) is 1. The van der Waals surface area contributed by atoms with E-state index < -0.39 is 12.1 Å². The van der Waals surface area contributed by atoms with Gasteiger partial charge in [-0.05, 0) is 31.2 Å². The lowest BCUT2D eigenvalue weighted by atomic mass is 9.99. The number of aliphatic hydroxyl groups is 1. The van der Waals surface area contributed by atoms with Crippen molar-refractivity contribution in [2.45, 2.75) is 59.5 Å². The van der Waals surface area contributed by atoms with E-state index in [0.29, 0.717) is 12.3 Å². The van der Waals surface area contributed by atoms with Crippen LogP contribution in [0.2, 0.25) is 0 Å². The summed E-state index contributed by atoms with van der Waals surface area (Å²) in [7, 11) is 0. The summed E-state index contributed by atoms with van der Waals surface area (Å²) < 4.78 is 9.55. The summed E-state index contributed by atoms with van der Waals surface area (Å²) in [6.07, 6.45) is 0.898. The molecule has 0 amide bonds. The van der Waals surface area contributed by atoms with E-state index in [1.165, 1.54) is 18.9 Å². The summed E-state index contributed by atoms with van der Waals surface area (Å²) in [5, 5.41) is 9.40. The zero-order chi connectivity index (χ0) is 20.8. The second kappa shape index (κ2) is 14.0. The van der Waals surface area contributed by atoms with Gasteiger partial charge < -0.3 is 14.6 Å². The Morgan fingerprint density at radius 2 is 1.59 bits per heavy atom. The standard InChI is InChI=1S/C12H20O5.C10H14/c1-5-9(4)12(15)17-7-10(13)6-16-11(14)8(2)3;1-3-9(2)10-7-5-4-6-8-10/h9-10,13H,2,5-7H2,1,3-4H3;4-9H,3H2,1-2H3. The fourth-order valence-corrected chi connectivity index (χ4v) is 1.85. The highest BCUT2D eigenvalue weighted by Gasteiger charge is 2.15. The third-order valence-electron chi connectivity index (χ3n) is 4.17. The van der Waals surface area contributed by atoms with Gasteiger partial charge in [-0.25, -0.2) is 4.79 Å². The van der Waals surface area contributed by atoms with E-state index >= 15 is 0 Å². The van der Waals surface area contributed by atoms with Gasteiger partial charge in [0.05, 0.1) is 5.92 Å². The van der Waals surface area contributed by atoms with Gasteiger partial charge in [-0.2, -0.15) is 0 Å². The van der Waals surface area contributed by atoms with Crippen molar-refractivity contribution in [1.82, 2.24) is 0 Å². The summed E-state index contributed by atoms with van der Waals surface area (Å²) in [4.78, 5) is 22.3. The van der Waals surface area contributed by atoms with Crippen molar-refractivity contribution in [3.05, 3.63) is 48.0 Å². The Morgan fingerprint density at radius 1 is 1.04 bits per heavy atom. The number of esters is 2. The first-order valence-corrected chi connectivity index (χ1v) is 9.45. The molecular weight excluding hydrogens is 344 g/mol. The Hall–Kier alpha value is -2.14. The van der Waals surface area contributed by atoms with E-state index in [-0.39, 0.29) is 30.7 Å². The molecule has 3 unspecified atom stereocenters. The van der Waals surface area contributed by atoms with Crippen LogP contribution in [0.4, 0.5) is 0 Å². The summed E-state index contributed by atoms with van der Waals surface area (Å²) in [6.45, 7) is 12.6. The SMILES string of the molecule is C=C(C)C(=O)OCC(O)COC(=O)C(C)CC.CCC(C)c1ccccc1. The van der Waals surface area contributed by atoms with Gasteiger partial charge in [-0.15, -0.1) is 0 Å². The lowest BCUT2D eigenvalue weighted by molar-refractivity contribution is -0.153. The maximum absolute atomic E-state index is 11.3. The number of aliphatic hydroxyl groups excluding tert-OH is 1. The molecule has 0 saturated heterocycles. The Kier molecular flexibility index (Phi) is 12.9. The summed E-state index contributed by atoms with van der Waals surface area (Å²) >= 11 is 0. The summed E-state index contributed by atoms with van der Waals surface area (Å²) in [5.74, 6) is -0.420. The highest BCUT2D eigenvalue weighted by atomic mass is 16.6. The van der Waals surface area contributed by atoms with Crippen LogP contribution in [-0.2, 0) is 19.1 Å². The van der Waals surface area contributed by atoms with E-state index in [1.807, 2.05) is 6.92 Å². The Morgan fingerprint density at radius 3 is 2.07 bits per heavy atom. The van der Waals surface area contributed by atoms with E-state index in [0.717, 1.165) is 0 Å². The van der Waals surface area contributed by atoms with Crippen molar-refractivity contribution < 1.29 is 24.2 Å². The van der Waals surface area contributed by atoms with Crippen molar-refractivity contribution in [3.8, 4) is 0 Å². The third kappa shape index (κ3) is 11.2. The maximum Gasteiger partial charge on any atom is 0.333 e. The first-order chi connectivity index (χ1) is 12.7. The molecule has 0 radical (unpaired) electrons. The number of hydrogen-bond acceptors (Lipinski definition) is 5. The van der Waals surface area contributed by atoms with Gasteiger partial charge in [0.2, 0.25) is 0 Å². The van der Waals surface area contributed by atoms with Crippen LogP contribution in [0.15, 0.2) is 42.5 Å². The number of rotatable bonds is 9. The predicted molar refractivity (Wildman–Crippen MR) is 107 cm³/mol. The number of carbonyl (C=O) groups is 2. The minimum Gasteiger partial charge on any atom is -0.463 e. The second-order valence-corrected chi connectivity index (χ2v) is 6.69. The van der Waals surface area contributed by atoms with Gasteiger partial charge in [0, 0.05) is 5.57 Å². The van der Waals surface area contributed by atoms with Crippen molar-refractivity contribution >= 4 is 11.9 Å². The van der Waals surface area contributed by atoms with Gasteiger partial charge in [-0.3, -0.25) is 4.79 Å². The summed E-state index contributed by atoms with van der Waals surface area (Å²) in [6, 6.07) is 10.6. The van der Waals surface area contributed by atoms with Crippen LogP contribution >= 0.6 is 0 Å². The third-order valence-corrected chi connectivity index (χ3v) is 4.17. The molecule has 5 heteroatoms. The number of ether oxygens (including phenoxy) is 2. The van der Waals surface area contributed by atoms with Crippen LogP contribution in [-0.4, -0.2) is 36.4 Å². The molecule has 0 aromatic heterocycles. The minimum atomic E-state index is -1.01. The maximum atomic E-state index is 11.3. The van der Waals surface area contributed by atoms with E-state index in [4.69, 9.17) is 9.47 Å². The monoisotopic (exact) mass is 378 g/mol. The Bertz CT molecular complexity index is 567. The van der Waals surface area contributed by atoms with Gasteiger partial charge in [-0.1, -0.05) is 64.6 Å². The van der Waals surface area contributed by atoms with E-state index in [2.05, 4.69) is 50.8 Å². The molecule has 3 atom stereocenters. The van der Waals surface area contributed by atoms with Gasteiger partial charge in [0.15, 0.2) is 0 Å². The van der Waals surface area contributed by atoms with Crippen LogP contribution in [0.25, 0.3) is 0 Å². The van der Waals surface area contributed by atoms with Crippen LogP contribution in [0.5, 0.6) is 0 Å². The van der Waals surface area contributed by atoms with Crippen molar-refractivity contribution in [2.24, 2.45) is 5.92 Å². The Labute approximate surface area is 163 Å². The molecule has 0 saturated carbocycles. The highest BCUT2D eigenvalue weighted by molar-refractivity contribution is 5.86. The van der Waals surface area contributed by atoms with Crippen molar-refractivity contribution in [1.29, 1.82) is 0 Å². The molecule has 0 aliphatic heterocycles. The zero-order valence-corrected chi connectivity index (χ0v) is 17.2. The molecule has 152 valence electrons. The van der Waals surface area contributed by atoms with E-state index in [9.17, 15) is 14.7 Å². The fraction of sp³-hybridized carbons (Fsp3) is 0.545. The molecule has 1 N–H and O–H groups in total. The first-order valence-electron chi connectivity index (χ1n) is 9.45. The quantitative estimate of drug-likeness (QED) is 0.513. The first kappa shape index (κ1) is 24.9. The lowest BCUT2D eigenvalue weighted by Gasteiger charge is -2.13. The smallest absolute Gasteiger partial charge is 0.333 e. The number of carbonyl (C=O) groups excluding carboxylic acids is 2. The molecule has 1 aromatic rings. The average molecular weight is 379 g/mol. The molecule has 1 rings (SSSR count). The van der Waals surface area contributed by atoms with Crippen molar-refractivity contribution in [2.75, 3.05) is 13.2 Å². The second-order valence-electron chi connectivity index (χ2n) is 6.69. The minimum absolute atomic E-state index is 0.174. The van der Waals surface area contributed by atoms with Gasteiger partial charge in [0.25, 0.3) is 0 Å². The predicted octanol–water partition coefficient (Wildman–Crippen LogP) is 4.26. The molecule has 0 fully saturated rings. The van der Waals surface area contributed by atoms with Crippen LogP contribution in [0.3, 0.4) is 0 Å². The molecule has 0 aliphatic carbocycles. The zero-order valence-electron chi connectivity index (χ0n) is 17.2. The molecule has 0 spiro atoms. The molecule has 0 heterocycles. The largest absolute Gasteiger partial charge is 0.463 e. The van der Waals surface area contributed by atoms with E-state index in [1.54, 1.807) is 6.92 Å². The fourth-order valence-electron chi connectivity index (χ4n) is 1.85. The van der Waals surface area contributed by atoms with Gasteiger partial charge >= 0.3 is 11.9 Å². The lowest BCUT2D eigenvalue weighted by Crippen LogP contribution is -2.27. The molecule has 0 bridgehead atoms. The highest BCUT2D eigenvalue weighted by Crippen LogP contribution is 2.16. The average Bonchev–Trinajstić information content (AvgIpc) is 2.69.